The minimum absolute atomic E-state index is 0.183. The highest BCUT2D eigenvalue weighted by molar-refractivity contribution is 6.08. The van der Waals surface area contributed by atoms with E-state index in [2.05, 4.69) is 4.98 Å². The van der Waals surface area contributed by atoms with E-state index < -0.39 is 36.2 Å². The number of aromatic nitrogens is 1. The van der Waals surface area contributed by atoms with E-state index in [1.165, 1.54) is 24.5 Å². The number of benzene rings is 1. The minimum atomic E-state index is -5.23. The van der Waals surface area contributed by atoms with Crippen LogP contribution >= 0.6 is 0 Å². The zero-order valence-electron chi connectivity index (χ0n) is 15.1. The Hall–Kier alpha value is -3.43. The number of pyridine rings is 1. The second-order valence-corrected chi connectivity index (χ2v) is 6.46. The smallest absolute Gasteiger partial charge is 0.318 e. The largest absolute Gasteiger partial charge is 0.440 e. The van der Waals surface area contributed by atoms with E-state index in [1.54, 1.807) is 41.0 Å². The number of nitrogens with zero attached hydrogens (tertiary/aromatic N) is 2. The van der Waals surface area contributed by atoms with Gasteiger partial charge in [0.2, 0.25) is 5.91 Å². The maximum atomic E-state index is 13.8. The third-order valence-electron chi connectivity index (χ3n) is 4.40. The molecule has 3 rings (SSSR count). The van der Waals surface area contributed by atoms with Crippen molar-refractivity contribution in [2.45, 2.75) is 31.2 Å². The molecule has 10 heteroatoms. The Balaban J connectivity index is 1.77. The first-order valence-electron chi connectivity index (χ1n) is 8.67. The van der Waals surface area contributed by atoms with Crippen molar-refractivity contribution in [2.24, 2.45) is 0 Å². The van der Waals surface area contributed by atoms with Crippen molar-refractivity contribution in [2.75, 3.05) is 0 Å². The highest BCUT2D eigenvalue weighted by Crippen LogP contribution is 2.34. The number of rotatable bonds is 6. The third kappa shape index (κ3) is 4.20. The molecule has 1 aromatic heterocycles. The molecular formula is C19H17F3N4O3. The Morgan fingerprint density at radius 1 is 1.10 bits per heavy atom. The fraction of sp³-hybridized carbons (Fsp3) is 0.263. The molecule has 1 aliphatic heterocycles. The maximum absolute atomic E-state index is 13.8. The number of alkyl halides is 3. The minimum Gasteiger partial charge on any atom is -0.318 e. The predicted molar refractivity (Wildman–Crippen MR) is 95.0 cm³/mol. The van der Waals surface area contributed by atoms with Gasteiger partial charge in [-0.25, -0.2) is 4.79 Å². The summed E-state index contributed by atoms with van der Waals surface area (Å²) in [6.07, 6.45) is -2.56. The number of hydrogen-bond acceptors (Lipinski definition) is 4. The van der Waals surface area contributed by atoms with Crippen LogP contribution in [0.4, 0.5) is 18.0 Å². The van der Waals surface area contributed by atoms with Crippen molar-refractivity contribution in [3.8, 4) is 0 Å². The van der Waals surface area contributed by atoms with Crippen molar-refractivity contribution in [3.05, 3.63) is 66.0 Å². The number of aryl methyl sites for hydroxylation is 1. The fourth-order valence-electron chi connectivity index (χ4n) is 2.92. The molecule has 4 amide bonds. The van der Waals surface area contributed by atoms with Crippen molar-refractivity contribution >= 4 is 17.8 Å². The van der Waals surface area contributed by atoms with Gasteiger partial charge in [-0.1, -0.05) is 36.4 Å². The summed E-state index contributed by atoms with van der Waals surface area (Å²) in [7, 11) is 0. The van der Waals surface area contributed by atoms with Gasteiger partial charge in [0.05, 0.1) is 6.54 Å². The van der Waals surface area contributed by atoms with Gasteiger partial charge in [0, 0.05) is 18.8 Å². The van der Waals surface area contributed by atoms with Crippen LogP contribution in [0.2, 0.25) is 0 Å². The molecule has 0 aliphatic carbocycles. The van der Waals surface area contributed by atoms with Gasteiger partial charge >= 0.3 is 12.2 Å². The van der Waals surface area contributed by atoms with Gasteiger partial charge in [0.15, 0.2) is 0 Å². The molecule has 2 heterocycles. The lowest BCUT2D eigenvalue weighted by molar-refractivity contribution is -0.204. The highest BCUT2D eigenvalue weighted by atomic mass is 19.4. The molecule has 152 valence electrons. The first-order valence-corrected chi connectivity index (χ1v) is 8.67. The second kappa shape index (κ2) is 7.90. The average molecular weight is 406 g/mol. The van der Waals surface area contributed by atoms with Crippen LogP contribution < -0.4 is 10.6 Å². The third-order valence-corrected chi connectivity index (χ3v) is 4.40. The summed E-state index contributed by atoms with van der Waals surface area (Å²) in [5.41, 5.74) is -2.38. The van der Waals surface area contributed by atoms with E-state index in [4.69, 9.17) is 0 Å². The lowest BCUT2D eigenvalue weighted by Gasteiger charge is -2.29. The van der Waals surface area contributed by atoms with Crippen LogP contribution in [0.3, 0.4) is 0 Å². The van der Waals surface area contributed by atoms with Gasteiger partial charge in [-0.3, -0.25) is 24.8 Å². The van der Waals surface area contributed by atoms with E-state index in [1.807, 2.05) is 0 Å². The number of nitrogens with one attached hydrogen (secondary N) is 2. The van der Waals surface area contributed by atoms with E-state index in [0.717, 1.165) is 5.56 Å². The summed E-state index contributed by atoms with van der Waals surface area (Å²) in [5.74, 6) is -2.60. The standard InChI is InChI=1S/C19H17F3N4O3/c20-19(21,22)18(24-15(27)9-8-13-5-2-1-3-6-13)16(28)26(17(29)25-18)12-14-7-4-10-23-11-14/h1-7,10-11H,8-9,12H2,(H,24,27)(H,25,29). The van der Waals surface area contributed by atoms with Crippen LogP contribution in [0.15, 0.2) is 54.9 Å². The van der Waals surface area contributed by atoms with Crippen molar-refractivity contribution in [1.29, 1.82) is 0 Å². The molecule has 1 unspecified atom stereocenters. The van der Waals surface area contributed by atoms with Crippen LogP contribution in [0.5, 0.6) is 0 Å². The van der Waals surface area contributed by atoms with Gasteiger partial charge in [-0.15, -0.1) is 0 Å². The molecule has 0 saturated carbocycles. The zero-order chi connectivity index (χ0) is 21.1. The van der Waals surface area contributed by atoms with E-state index in [0.29, 0.717) is 10.5 Å². The number of imide groups is 1. The normalized spacial score (nSPS) is 19.2. The summed E-state index contributed by atoms with van der Waals surface area (Å²) in [5, 5.41) is 3.31. The average Bonchev–Trinajstić information content (AvgIpc) is 2.93. The number of halogens is 3. The maximum Gasteiger partial charge on any atom is 0.440 e. The number of urea groups is 1. The molecule has 1 saturated heterocycles. The van der Waals surface area contributed by atoms with Crippen LogP contribution in [0.1, 0.15) is 17.5 Å². The second-order valence-electron chi connectivity index (χ2n) is 6.46. The zero-order valence-corrected chi connectivity index (χ0v) is 15.1. The summed E-state index contributed by atoms with van der Waals surface area (Å²) in [6.45, 7) is -0.407. The van der Waals surface area contributed by atoms with Crippen LogP contribution in [0, 0.1) is 0 Å². The number of carbonyl (C=O) groups excluding carboxylic acids is 3. The molecule has 0 spiro atoms. The van der Waals surface area contributed by atoms with Gasteiger partial charge in [-0.05, 0) is 23.6 Å². The molecule has 1 fully saturated rings. The quantitative estimate of drug-likeness (QED) is 0.719. The Bertz CT molecular complexity index is 906. The summed E-state index contributed by atoms with van der Waals surface area (Å²) in [6, 6.07) is 10.5. The topological polar surface area (TPSA) is 91.4 Å². The van der Waals surface area contributed by atoms with Gasteiger partial charge < -0.3 is 5.32 Å². The molecule has 2 aromatic rings. The molecule has 2 N–H and O–H groups in total. The Morgan fingerprint density at radius 2 is 1.79 bits per heavy atom. The first-order chi connectivity index (χ1) is 13.7. The van der Waals surface area contributed by atoms with Crippen molar-refractivity contribution in [1.82, 2.24) is 20.5 Å². The Kier molecular flexibility index (Phi) is 5.53. The molecule has 7 nitrogen and oxygen atoms in total. The molecule has 1 atom stereocenters. The molecular weight excluding hydrogens is 389 g/mol. The fourth-order valence-corrected chi connectivity index (χ4v) is 2.92. The number of carbonyl (C=O) groups is 3. The Labute approximate surface area is 163 Å². The lowest BCUT2D eigenvalue weighted by atomic mass is 10.1. The summed E-state index contributed by atoms with van der Waals surface area (Å²) < 4.78 is 41.4. The Morgan fingerprint density at radius 3 is 2.41 bits per heavy atom. The van der Waals surface area contributed by atoms with Crippen molar-refractivity contribution in [3.63, 3.8) is 0 Å². The molecule has 29 heavy (non-hydrogen) atoms. The monoisotopic (exact) mass is 406 g/mol. The molecule has 0 bridgehead atoms. The van der Waals surface area contributed by atoms with Gasteiger partial charge in [-0.2, -0.15) is 13.2 Å². The van der Waals surface area contributed by atoms with Crippen LogP contribution in [-0.2, 0) is 22.6 Å². The van der Waals surface area contributed by atoms with Crippen LogP contribution in [0.25, 0.3) is 0 Å². The molecule has 1 aromatic carbocycles. The predicted octanol–water partition coefficient (Wildman–Crippen LogP) is 2.14. The number of amides is 4. The van der Waals surface area contributed by atoms with Gasteiger partial charge in [0.25, 0.3) is 11.6 Å². The van der Waals surface area contributed by atoms with E-state index in [9.17, 15) is 27.6 Å². The molecule has 1 aliphatic rings. The lowest BCUT2D eigenvalue weighted by Crippen LogP contribution is -2.69. The number of hydrogen-bond donors (Lipinski definition) is 2. The SMILES string of the molecule is O=C(CCc1ccccc1)NC1(C(F)(F)F)NC(=O)N(Cc2cccnc2)C1=O. The molecule has 0 radical (unpaired) electrons. The van der Waals surface area contributed by atoms with E-state index in [-0.39, 0.29) is 12.8 Å². The van der Waals surface area contributed by atoms with E-state index >= 15 is 0 Å². The van der Waals surface area contributed by atoms with Gasteiger partial charge in [0.1, 0.15) is 0 Å². The van der Waals surface area contributed by atoms with Crippen molar-refractivity contribution < 1.29 is 27.6 Å². The van der Waals surface area contributed by atoms with Crippen LogP contribution in [-0.4, -0.2) is 39.6 Å². The summed E-state index contributed by atoms with van der Waals surface area (Å²) >= 11 is 0. The highest BCUT2D eigenvalue weighted by Gasteiger charge is 2.68. The first kappa shape index (κ1) is 20.3. The summed E-state index contributed by atoms with van der Waals surface area (Å²) in [4.78, 5) is 41.1.